The summed E-state index contributed by atoms with van der Waals surface area (Å²) < 4.78 is 0. The van der Waals surface area contributed by atoms with E-state index in [0.717, 1.165) is 29.4 Å². The molecular formula is C50H91N12O16P. The number of carbonyl (C=O) groups excluding carboxylic acids is 11. The average Bonchev–Trinajstić information content (AvgIpc) is 3.38. The first kappa shape index (κ1) is 74.9. The number of nitrogens with one attached hydrogen (secondary N) is 5. The van der Waals surface area contributed by atoms with E-state index in [4.69, 9.17) is 10.8 Å². The number of nitrogens with zero attached hydrogens (tertiary/aromatic N) is 6. The number of amides is 10. The Balaban J connectivity index is 0. The van der Waals surface area contributed by atoms with Gasteiger partial charge in [-0.15, -0.1) is 0 Å². The van der Waals surface area contributed by atoms with Gasteiger partial charge >= 0.3 is 5.97 Å². The molecule has 0 radical (unpaired) electrons. The van der Waals surface area contributed by atoms with Crippen LogP contribution in [0.4, 0.5) is 0 Å². The topological polar surface area (TPSA) is 391 Å². The summed E-state index contributed by atoms with van der Waals surface area (Å²) in [7, 11) is 9.94. The predicted octanol–water partition coefficient (Wildman–Crippen LogP) is -3.86. The van der Waals surface area contributed by atoms with Crippen LogP contribution in [0.3, 0.4) is 0 Å². The van der Waals surface area contributed by atoms with E-state index in [-0.39, 0.29) is 5.78 Å². The molecule has 0 saturated carbocycles. The van der Waals surface area contributed by atoms with Crippen molar-refractivity contribution in [2.75, 3.05) is 48.8 Å². The first-order valence-corrected chi connectivity index (χ1v) is 26.2. The number of Topliss-reactive ketones (excluding diaryl/α,β-unsaturated/α-hetero) is 1. The van der Waals surface area contributed by atoms with E-state index in [0.29, 0.717) is 6.42 Å². The van der Waals surface area contributed by atoms with E-state index in [1.807, 2.05) is 0 Å². The number of hydrogen-bond donors (Lipinski definition) is 10. The number of hydrogen-bond acceptors (Lipinski definition) is 17. The molecule has 79 heavy (non-hydrogen) atoms. The van der Waals surface area contributed by atoms with Crippen LogP contribution in [0.25, 0.3) is 0 Å². The van der Waals surface area contributed by atoms with E-state index in [2.05, 4.69) is 35.7 Å². The van der Waals surface area contributed by atoms with Gasteiger partial charge < -0.3 is 76.8 Å². The van der Waals surface area contributed by atoms with Gasteiger partial charge in [-0.2, -0.15) is 0 Å². The van der Waals surface area contributed by atoms with Gasteiger partial charge in [-0.25, -0.2) is 4.79 Å². The monoisotopic (exact) mass is 1150 g/mol. The molecule has 0 aliphatic heterocycles. The molecule has 11 N–H and O–H groups in total. The zero-order valence-corrected chi connectivity index (χ0v) is 50.4. The Morgan fingerprint density at radius 1 is 0.519 bits per heavy atom. The molecule has 0 aliphatic carbocycles. The molecule has 0 fully saturated rings. The van der Waals surface area contributed by atoms with Crippen molar-refractivity contribution in [2.24, 2.45) is 11.7 Å². The van der Waals surface area contributed by atoms with Gasteiger partial charge in [0.1, 0.15) is 60.2 Å². The largest absolute Gasteiger partial charge is 0.480 e. The minimum absolute atomic E-state index is 0.181. The van der Waals surface area contributed by atoms with Gasteiger partial charge in [-0.1, -0.05) is 28.5 Å². The van der Waals surface area contributed by atoms with Gasteiger partial charge in [-0.05, 0) is 95.4 Å². The lowest BCUT2D eigenvalue weighted by Gasteiger charge is -2.35. The smallest absolute Gasteiger partial charge is 0.329 e. The Morgan fingerprint density at radius 3 is 1.22 bits per heavy atom. The molecule has 0 spiro atoms. The summed E-state index contributed by atoms with van der Waals surface area (Å²) >= 11 is 0. The second kappa shape index (κ2) is 34.7. The van der Waals surface area contributed by atoms with Gasteiger partial charge in [0.15, 0.2) is 6.04 Å². The number of rotatable bonds is 29. The number of aliphatic hydroxyl groups excluding tert-OH is 3. The van der Waals surface area contributed by atoms with Crippen molar-refractivity contribution in [2.45, 2.75) is 181 Å². The number of carboxylic acids is 1. The van der Waals surface area contributed by atoms with Crippen LogP contribution in [0.2, 0.25) is 0 Å². The maximum Gasteiger partial charge on any atom is 0.329 e. The van der Waals surface area contributed by atoms with E-state index < -0.39 is 162 Å². The van der Waals surface area contributed by atoms with Crippen molar-refractivity contribution in [3.8, 4) is 0 Å². The molecule has 0 aromatic carbocycles. The fraction of sp³-hybridized carbons (Fsp3) is 0.720. The molecule has 0 heterocycles. The van der Waals surface area contributed by atoms with Crippen LogP contribution >= 0.6 is 9.39 Å². The highest BCUT2D eigenvalue weighted by molar-refractivity contribution is 7.13. The summed E-state index contributed by atoms with van der Waals surface area (Å²) in [5, 5.41) is 51.7. The third kappa shape index (κ3) is 22.8. The van der Waals surface area contributed by atoms with E-state index in [1.54, 1.807) is 26.0 Å². The Hall–Kier alpha value is -6.19. The molecular weight excluding hydrogens is 1060 g/mol. The summed E-state index contributed by atoms with van der Waals surface area (Å²) in [4.78, 5) is 160. The fourth-order valence-electron chi connectivity index (χ4n) is 7.15. The number of ketones is 1. The van der Waals surface area contributed by atoms with E-state index in [1.165, 1.54) is 118 Å². The van der Waals surface area contributed by atoms with Gasteiger partial charge in [-0.3, -0.25) is 57.8 Å². The van der Waals surface area contributed by atoms with Crippen molar-refractivity contribution < 1.29 is 78.0 Å². The zero-order chi connectivity index (χ0) is 62.4. The second-order valence-electron chi connectivity index (χ2n) is 19.9. The molecule has 10 amide bonds. The standard InChI is InChI=1S/C45H80N11O14P.C5H11NO2/c1-18-19-20-22(2)35(59)34(45(69)70)56(17)43(67)30(10)55(16)42(66)26(6)49-39(63)29(9)54(15)40(64)24(4)47-36(60)23(3)46-38(62)28(8)53(14)41(65)25(5)48-37(61)27(7)52(13)32(58)21-51(12)44(68)33(50-71)31(11)57;1-3(7)5(6)4(2)8/h18-19,22-31,33-35,50,57,59H,20-21,71H2,1-17H3,(H,46,62)(H,47,60)(H,48,61)(H,49,63)(H,69,70);3,5,7H,6H2,1-2H3/b19-18+;/t22?,23?,24?,25?,26?,27-,28?,29?,30?,31?,33?,34?,35?;/m0./s1. The molecule has 0 aliphatic rings. The number of nitrogens with two attached hydrogens (primary N) is 1. The molecule has 29 heteroatoms. The number of aliphatic hydroxyl groups is 3. The molecule has 0 aromatic rings. The lowest BCUT2D eigenvalue weighted by molar-refractivity contribution is -0.158. The third-order valence-electron chi connectivity index (χ3n) is 13.5. The minimum atomic E-state index is -1.61. The normalized spacial score (nSPS) is 16.9. The van der Waals surface area contributed by atoms with E-state index >= 15 is 0 Å². The number of allylic oxidation sites excluding steroid dienone is 2. The Morgan fingerprint density at radius 2 is 0.886 bits per heavy atom. The minimum Gasteiger partial charge on any atom is -0.480 e. The van der Waals surface area contributed by atoms with Crippen LogP contribution in [0.1, 0.15) is 96.4 Å². The maximum atomic E-state index is 13.4. The van der Waals surface area contributed by atoms with Crippen LogP contribution in [-0.2, 0) is 57.5 Å². The quantitative estimate of drug-likeness (QED) is 0.0253. The molecule has 16 atom stereocenters. The molecule has 0 saturated heterocycles. The van der Waals surface area contributed by atoms with Gasteiger partial charge in [0.05, 0.1) is 30.9 Å². The Bertz CT molecular complexity index is 2170. The fourth-order valence-corrected chi connectivity index (χ4v) is 7.57. The summed E-state index contributed by atoms with van der Waals surface area (Å²) in [5.41, 5.74) is 5.16. The number of carboxylic acid groups (broad SMARTS) is 1. The van der Waals surface area contributed by atoms with Crippen LogP contribution in [0.15, 0.2) is 12.2 Å². The molecule has 452 valence electrons. The zero-order valence-electron chi connectivity index (χ0n) is 49.3. The second-order valence-corrected chi connectivity index (χ2v) is 20.3. The van der Waals surface area contributed by atoms with Crippen molar-refractivity contribution in [1.29, 1.82) is 0 Å². The molecule has 0 bridgehead atoms. The van der Waals surface area contributed by atoms with Crippen LogP contribution < -0.4 is 32.1 Å². The Labute approximate surface area is 466 Å². The van der Waals surface area contributed by atoms with Crippen molar-refractivity contribution in [1.82, 2.24) is 55.8 Å². The maximum absolute atomic E-state index is 13.4. The van der Waals surface area contributed by atoms with Crippen LogP contribution in [0, 0.1) is 5.92 Å². The molecule has 28 nitrogen and oxygen atoms in total. The molecule has 0 rings (SSSR count). The van der Waals surface area contributed by atoms with Crippen LogP contribution in [-0.4, -0.2) is 254 Å². The number of likely N-dealkylation sites (N-methyl/N-ethyl adjacent to an activating group) is 6. The summed E-state index contributed by atoms with van der Waals surface area (Å²) in [5.74, 6) is -9.22. The summed E-state index contributed by atoms with van der Waals surface area (Å²) in [6.45, 7) is 18.2. The van der Waals surface area contributed by atoms with Crippen molar-refractivity contribution in [3.05, 3.63) is 12.2 Å². The first-order chi connectivity index (χ1) is 36.2. The first-order valence-electron chi connectivity index (χ1n) is 25.6. The highest BCUT2D eigenvalue weighted by Gasteiger charge is 2.40. The Kier molecular flexibility index (Phi) is 32.9. The van der Waals surface area contributed by atoms with Crippen molar-refractivity contribution >= 4 is 80.2 Å². The molecule has 0 aromatic heterocycles. The van der Waals surface area contributed by atoms with Gasteiger partial charge in [0.2, 0.25) is 59.1 Å². The predicted molar refractivity (Wildman–Crippen MR) is 294 cm³/mol. The van der Waals surface area contributed by atoms with Crippen LogP contribution in [0.5, 0.6) is 0 Å². The lowest BCUT2D eigenvalue weighted by Crippen LogP contribution is -2.59. The lowest BCUT2D eigenvalue weighted by atomic mass is 9.93. The van der Waals surface area contributed by atoms with Gasteiger partial charge in [0.25, 0.3) is 0 Å². The SMILES string of the molecule is C/C=C/CC(C)C(O)C(C(=O)O)N(C)C(=O)C(C)N(C)C(=O)C(C)NC(=O)C(C)N(C)C(=O)C(C)NC(=O)C(C)NC(=O)C(C)N(C)C(=O)C(C)NC(=O)[C@H](C)N(C)C(=O)CN(C)C(=O)C(NP)C(C)O.CC(=O)C(N)C(C)O. The average molecular weight is 1150 g/mol. The van der Waals surface area contributed by atoms with E-state index in [9.17, 15) is 72.9 Å². The highest BCUT2D eigenvalue weighted by Crippen LogP contribution is 2.19. The number of aliphatic carboxylic acids is 1. The summed E-state index contributed by atoms with van der Waals surface area (Å²) in [6, 6.07) is -12.8. The van der Waals surface area contributed by atoms with Gasteiger partial charge in [0, 0.05) is 42.3 Å². The highest BCUT2D eigenvalue weighted by atomic mass is 31.0. The molecule has 15 unspecified atom stereocenters. The number of carbonyl (C=O) groups is 12. The third-order valence-corrected chi connectivity index (χ3v) is 13.9. The van der Waals surface area contributed by atoms with Crippen molar-refractivity contribution in [3.63, 3.8) is 0 Å². The summed E-state index contributed by atoms with van der Waals surface area (Å²) in [6.07, 6.45) is 0.670.